The van der Waals surface area contributed by atoms with Gasteiger partial charge in [0.15, 0.2) is 11.6 Å². The Kier molecular flexibility index (Phi) is 6.22. The lowest BCUT2D eigenvalue weighted by molar-refractivity contribution is 0.0892. The van der Waals surface area contributed by atoms with Crippen molar-refractivity contribution < 1.29 is 39.9 Å². The standard InChI is InChI=1S/C30H22O8/c31-18-5-3-17(4-6-18)30-28(29(37)22-10-8-20(33)15-26(22)36)23-13-16(2-12-27(23)38-30)1-11-24(34)21-9-7-19(32)14-25(21)35/h1-15,28,30-33,35-36H/b11-1+/t28-,30-/m0/s1. The predicted octanol–water partition coefficient (Wildman–Crippen LogP) is 5.21. The van der Waals surface area contributed by atoms with E-state index in [1.54, 1.807) is 30.3 Å². The maximum atomic E-state index is 13.7. The van der Waals surface area contributed by atoms with Crippen LogP contribution in [0, 0.1) is 0 Å². The first kappa shape index (κ1) is 24.5. The smallest absolute Gasteiger partial charge is 0.189 e. The Morgan fingerprint density at radius 1 is 0.684 bits per heavy atom. The van der Waals surface area contributed by atoms with Crippen molar-refractivity contribution in [3.8, 4) is 34.5 Å². The van der Waals surface area contributed by atoms with Crippen molar-refractivity contribution in [3.63, 3.8) is 0 Å². The van der Waals surface area contributed by atoms with Gasteiger partial charge < -0.3 is 30.3 Å². The first-order valence-electron chi connectivity index (χ1n) is 11.6. The van der Waals surface area contributed by atoms with Crippen molar-refractivity contribution in [1.29, 1.82) is 0 Å². The minimum atomic E-state index is -0.879. The van der Waals surface area contributed by atoms with E-state index in [0.717, 1.165) is 12.1 Å². The van der Waals surface area contributed by atoms with Crippen LogP contribution < -0.4 is 4.74 Å². The molecule has 0 fully saturated rings. The highest BCUT2D eigenvalue weighted by molar-refractivity contribution is 6.09. The van der Waals surface area contributed by atoms with Gasteiger partial charge in [-0.15, -0.1) is 0 Å². The molecule has 0 aliphatic carbocycles. The van der Waals surface area contributed by atoms with Crippen molar-refractivity contribution in [2.45, 2.75) is 12.0 Å². The Bertz CT molecular complexity index is 1590. The molecule has 1 aliphatic rings. The molecule has 0 aromatic heterocycles. The summed E-state index contributed by atoms with van der Waals surface area (Å²) in [5.74, 6) is -2.38. The molecule has 0 saturated heterocycles. The van der Waals surface area contributed by atoms with Crippen LogP contribution in [0.4, 0.5) is 0 Å². The van der Waals surface area contributed by atoms with Crippen molar-refractivity contribution in [3.05, 3.63) is 113 Å². The number of phenolic OH excluding ortho intramolecular Hbond substituents is 5. The number of fused-ring (bicyclic) bond motifs is 1. The molecule has 5 N–H and O–H groups in total. The van der Waals surface area contributed by atoms with Crippen LogP contribution in [0.5, 0.6) is 34.5 Å². The van der Waals surface area contributed by atoms with Gasteiger partial charge in [-0.25, -0.2) is 0 Å². The molecule has 190 valence electrons. The maximum absolute atomic E-state index is 13.7. The van der Waals surface area contributed by atoms with E-state index in [9.17, 15) is 35.1 Å². The molecule has 0 radical (unpaired) electrons. The number of Topliss-reactive ketones (excluding diaryl/α,β-unsaturated/α-hetero) is 1. The highest BCUT2D eigenvalue weighted by atomic mass is 16.5. The second-order valence-electron chi connectivity index (χ2n) is 8.87. The summed E-state index contributed by atoms with van der Waals surface area (Å²) in [7, 11) is 0. The molecule has 0 amide bonds. The molecule has 0 bridgehead atoms. The van der Waals surface area contributed by atoms with Crippen LogP contribution in [0.15, 0.2) is 84.9 Å². The zero-order valence-corrected chi connectivity index (χ0v) is 19.8. The van der Waals surface area contributed by atoms with Gasteiger partial charge in [-0.05, 0) is 65.7 Å². The van der Waals surface area contributed by atoms with E-state index in [1.807, 2.05) is 0 Å². The highest BCUT2D eigenvalue weighted by Gasteiger charge is 2.41. The van der Waals surface area contributed by atoms with Crippen LogP contribution in [0.1, 0.15) is 49.4 Å². The van der Waals surface area contributed by atoms with Crippen molar-refractivity contribution in [2.24, 2.45) is 0 Å². The summed E-state index contributed by atoms with van der Waals surface area (Å²) in [6, 6.07) is 18.8. The maximum Gasteiger partial charge on any atom is 0.189 e. The molecular formula is C30H22O8. The van der Waals surface area contributed by atoms with Gasteiger partial charge in [-0.1, -0.05) is 24.3 Å². The zero-order chi connectivity index (χ0) is 27.0. The average molecular weight is 510 g/mol. The molecule has 0 spiro atoms. The molecule has 38 heavy (non-hydrogen) atoms. The van der Waals surface area contributed by atoms with E-state index >= 15 is 0 Å². The normalized spacial score (nSPS) is 16.2. The fourth-order valence-corrected chi connectivity index (χ4v) is 4.48. The number of carbonyl (C=O) groups excluding carboxylic acids is 2. The third-order valence-electron chi connectivity index (χ3n) is 6.35. The van der Waals surface area contributed by atoms with Crippen LogP contribution >= 0.6 is 0 Å². The van der Waals surface area contributed by atoms with Gasteiger partial charge in [-0.2, -0.15) is 0 Å². The molecule has 0 saturated carbocycles. The molecule has 4 aromatic rings. The summed E-state index contributed by atoms with van der Waals surface area (Å²) in [4.78, 5) is 26.3. The molecule has 1 heterocycles. The van der Waals surface area contributed by atoms with Gasteiger partial charge >= 0.3 is 0 Å². The quantitative estimate of drug-likeness (QED) is 0.176. The Morgan fingerprint density at radius 2 is 1.29 bits per heavy atom. The highest BCUT2D eigenvalue weighted by Crippen LogP contribution is 2.49. The lowest BCUT2D eigenvalue weighted by Gasteiger charge is -2.19. The summed E-state index contributed by atoms with van der Waals surface area (Å²) >= 11 is 0. The van der Waals surface area contributed by atoms with E-state index in [4.69, 9.17) is 4.74 Å². The van der Waals surface area contributed by atoms with Crippen molar-refractivity contribution in [1.82, 2.24) is 0 Å². The predicted molar refractivity (Wildman–Crippen MR) is 138 cm³/mol. The molecule has 1 aliphatic heterocycles. The van der Waals surface area contributed by atoms with Gasteiger partial charge in [0.25, 0.3) is 0 Å². The van der Waals surface area contributed by atoms with E-state index in [1.165, 1.54) is 48.6 Å². The summed E-state index contributed by atoms with van der Waals surface area (Å²) in [6.45, 7) is 0. The number of ketones is 2. The van der Waals surface area contributed by atoms with Gasteiger partial charge in [0.1, 0.15) is 40.6 Å². The minimum Gasteiger partial charge on any atom is -0.508 e. The van der Waals surface area contributed by atoms with Crippen molar-refractivity contribution >= 4 is 17.6 Å². The summed E-state index contributed by atoms with van der Waals surface area (Å²) in [6.07, 6.45) is 2.03. The van der Waals surface area contributed by atoms with Crippen LogP contribution in [-0.2, 0) is 0 Å². The third-order valence-corrected chi connectivity index (χ3v) is 6.35. The Morgan fingerprint density at radius 3 is 1.92 bits per heavy atom. The number of aromatic hydroxyl groups is 5. The van der Waals surface area contributed by atoms with Crippen LogP contribution in [0.25, 0.3) is 6.08 Å². The first-order chi connectivity index (χ1) is 18.2. The minimum absolute atomic E-state index is 0.00644. The fourth-order valence-electron chi connectivity index (χ4n) is 4.48. The van der Waals surface area contributed by atoms with E-state index in [2.05, 4.69) is 0 Å². The van der Waals surface area contributed by atoms with Gasteiger partial charge in [-0.3, -0.25) is 9.59 Å². The second-order valence-corrected chi connectivity index (χ2v) is 8.87. The molecule has 2 atom stereocenters. The van der Waals surface area contributed by atoms with Crippen molar-refractivity contribution in [2.75, 3.05) is 0 Å². The largest absolute Gasteiger partial charge is 0.508 e. The number of allylic oxidation sites excluding steroid dienone is 1. The van der Waals surface area contributed by atoms with Gasteiger partial charge in [0.2, 0.25) is 0 Å². The molecule has 0 unspecified atom stereocenters. The number of hydrogen-bond acceptors (Lipinski definition) is 8. The molecule has 8 nitrogen and oxygen atoms in total. The molecule has 8 heteroatoms. The zero-order valence-electron chi connectivity index (χ0n) is 19.8. The summed E-state index contributed by atoms with van der Waals surface area (Å²) < 4.78 is 6.15. The van der Waals surface area contributed by atoms with Crippen LogP contribution in [-0.4, -0.2) is 37.1 Å². The lowest BCUT2D eigenvalue weighted by atomic mass is 9.84. The summed E-state index contributed by atoms with van der Waals surface area (Å²) in [5, 5.41) is 49.2. The van der Waals surface area contributed by atoms with Crippen LogP contribution in [0.2, 0.25) is 0 Å². The lowest BCUT2D eigenvalue weighted by Crippen LogP contribution is -2.19. The van der Waals surface area contributed by atoms with Crippen LogP contribution in [0.3, 0.4) is 0 Å². The number of ether oxygens (including phenoxy) is 1. The number of phenols is 5. The molecule has 5 rings (SSSR count). The number of hydrogen-bond donors (Lipinski definition) is 5. The third kappa shape index (κ3) is 4.62. The average Bonchev–Trinajstić information content (AvgIpc) is 3.26. The Labute approximate surface area is 217 Å². The van der Waals surface area contributed by atoms with E-state index < -0.39 is 23.6 Å². The second kappa shape index (κ2) is 9.67. The van der Waals surface area contributed by atoms with E-state index in [0.29, 0.717) is 22.4 Å². The van der Waals surface area contributed by atoms with Gasteiger partial charge in [0.05, 0.1) is 17.0 Å². The monoisotopic (exact) mass is 510 g/mol. The first-order valence-corrected chi connectivity index (χ1v) is 11.6. The SMILES string of the molecule is O=C(/C=C/c1ccc2c(c1)[C@@H](C(=O)c1ccc(O)cc1O)[C@H](c1ccc(O)cc1)O2)c1ccc(O)cc1O. The van der Waals surface area contributed by atoms with E-state index in [-0.39, 0.29) is 39.9 Å². The Balaban J connectivity index is 1.52. The Hall–Kier alpha value is -5.24. The topological polar surface area (TPSA) is 145 Å². The fraction of sp³-hybridized carbons (Fsp3) is 0.0667. The number of carbonyl (C=O) groups is 2. The molecular weight excluding hydrogens is 488 g/mol. The summed E-state index contributed by atoms with van der Waals surface area (Å²) in [5.41, 5.74) is 1.77. The number of rotatable bonds is 6. The number of benzene rings is 4. The van der Waals surface area contributed by atoms with Gasteiger partial charge in [0, 0.05) is 17.7 Å². The molecule has 4 aromatic carbocycles.